The Hall–Kier alpha value is -3.48. The molecule has 1 saturated heterocycles. The molecular formula is C27H31FN4O2. The van der Waals surface area contributed by atoms with Gasteiger partial charge in [0.15, 0.2) is 0 Å². The monoisotopic (exact) mass is 462 g/mol. The first-order chi connectivity index (χ1) is 16.4. The first-order valence-electron chi connectivity index (χ1n) is 11.8. The van der Waals surface area contributed by atoms with Crippen LogP contribution in [0.3, 0.4) is 0 Å². The van der Waals surface area contributed by atoms with Gasteiger partial charge < -0.3 is 10.2 Å². The van der Waals surface area contributed by atoms with Gasteiger partial charge in [-0.15, -0.1) is 0 Å². The molecule has 34 heavy (non-hydrogen) atoms. The van der Waals surface area contributed by atoms with Crippen molar-refractivity contribution in [3.05, 3.63) is 89.2 Å². The number of nitrogens with zero attached hydrogens (tertiary/aromatic N) is 3. The van der Waals surface area contributed by atoms with Crippen molar-refractivity contribution in [3.63, 3.8) is 0 Å². The fourth-order valence-electron chi connectivity index (χ4n) is 4.49. The largest absolute Gasteiger partial charge is 0.343 e. The Bertz CT molecular complexity index is 1130. The first-order valence-corrected chi connectivity index (χ1v) is 11.8. The molecular weight excluding hydrogens is 431 g/mol. The number of halogens is 1. The number of benzene rings is 2. The number of aryl methyl sites for hydroxylation is 1. The second kappa shape index (κ2) is 10.2. The third-order valence-corrected chi connectivity index (χ3v) is 6.40. The van der Waals surface area contributed by atoms with Gasteiger partial charge in [-0.1, -0.05) is 68.4 Å². The van der Waals surface area contributed by atoms with Gasteiger partial charge in [-0.3, -0.25) is 14.3 Å². The maximum Gasteiger partial charge on any atom is 0.272 e. The summed E-state index contributed by atoms with van der Waals surface area (Å²) in [6, 6.07) is 18.2. The molecule has 1 aromatic heterocycles. The smallest absolute Gasteiger partial charge is 0.272 e. The maximum absolute atomic E-state index is 14.5. The second-order valence-corrected chi connectivity index (χ2v) is 9.01. The van der Waals surface area contributed by atoms with Crippen LogP contribution in [0.2, 0.25) is 0 Å². The van der Waals surface area contributed by atoms with Crippen LogP contribution in [-0.4, -0.2) is 45.3 Å². The summed E-state index contributed by atoms with van der Waals surface area (Å²) in [5, 5.41) is 7.24. The minimum atomic E-state index is -1.25. The molecule has 7 heteroatoms. The molecule has 0 spiro atoms. The molecule has 0 aliphatic carbocycles. The molecule has 3 unspecified atom stereocenters. The van der Waals surface area contributed by atoms with Gasteiger partial charge in [0.05, 0.1) is 12.6 Å². The van der Waals surface area contributed by atoms with Gasteiger partial charge in [0.1, 0.15) is 17.9 Å². The van der Waals surface area contributed by atoms with Crippen LogP contribution in [0.25, 0.3) is 0 Å². The summed E-state index contributed by atoms with van der Waals surface area (Å²) in [5.74, 6) is -0.343. The lowest BCUT2D eigenvalue weighted by molar-refractivity contribution is -0.125. The molecule has 1 fully saturated rings. The molecule has 0 saturated carbocycles. The number of nitrogens with one attached hydrogen (secondary N) is 1. The third kappa shape index (κ3) is 4.88. The topological polar surface area (TPSA) is 67.2 Å². The zero-order chi connectivity index (χ0) is 24.2. The summed E-state index contributed by atoms with van der Waals surface area (Å²) in [7, 11) is 0. The van der Waals surface area contributed by atoms with E-state index in [1.807, 2.05) is 49.4 Å². The molecule has 2 amide bonds. The normalized spacial score (nSPS) is 18.8. The molecule has 178 valence electrons. The number of alkyl halides is 1. The molecule has 0 radical (unpaired) electrons. The van der Waals surface area contributed by atoms with E-state index < -0.39 is 18.3 Å². The zero-order valence-electron chi connectivity index (χ0n) is 19.8. The predicted molar refractivity (Wildman–Crippen MR) is 129 cm³/mol. The van der Waals surface area contributed by atoms with E-state index in [2.05, 4.69) is 36.4 Å². The minimum absolute atomic E-state index is 0.0222. The number of amides is 2. The van der Waals surface area contributed by atoms with E-state index in [1.54, 1.807) is 16.9 Å². The number of carbonyl (C=O) groups is 2. The number of rotatable bonds is 7. The van der Waals surface area contributed by atoms with Crippen LogP contribution in [0.5, 0.6) is 0 Å². The highest BCUT2D eigenvalue weighted by Crippen LogP contribution is 2.27. The van der Waals surface area contributed by atoms with Crippen molar-refractivity contribution in [2.75, 3.05) is 6.54 Å². The second-order valence-electron chi connectivity index (χ2n) is 9.01. The van der Waals surface area contributed by atoms with Crippen LogP contribution in [0, 0.1) is 0 Å². The van der Waals surface area contributed by atoms with Crippen LogP contribution in [-0.2, 0) is 11.3 Å². The lowest BCUT2D eigenvalue weighted by Gasteiger charge is -2.27. The van der Waals surface area contributed by atoms with E-state index >= 15 is 0 Å². The summed E-state index contributed by atoms with van der Waals surface area (Å²) in [4.78, 5) is 28.0. The van der Waals surface area contributed by atoms with Gasteiger partial charge in [-0.05, 0) is 35.6 Å². The summed E-state index contributed by atoms with van der Waals surface area (Å²) in [5.41, 5.74) is 3.42. The molecule has 1 aliphatic rings. The van der Waals surface area contributed by atoms with Gasteiger partial charge in [-0.25, -0.2) is 4.39 Å². The Morgan fingerprint density at radius 1 is 1.03 bits per heavy atom. The van der Waals surface area contributed by atoms with E-state index in [0.29, 0.717) is 18.2 Å². The maximum atomic E-state index is 14.5. The van der Waals surface area contributed by atoms with E-state index in [0.717, 1.165) is 11.1 Å². The molecule has 0 bridgehead atoms. The SMILES string of the molecule is CCn1nccc1C(=O)N1CC(F)CC1C(=O)NC(c1ccccc1)c1ccc(C(C)C)cc1. The standard InChI is InChI=1S/C27H31FN4O2/c1-4-32-23(14-15-29-32)27(34)31-17-22(28)16-24(31)26(33)30-25(20-8-6-5-7-9-20)21-12-10-19(11-13-21)18(2)3/h5-15,18,22,24-25H,4,16-17H2,1-3H3,(H,30,33). The van der Waals surface area contributed by atoms with Gasteiger partial charge in [0, 0.05) is 19.2 Å². The number of carbonyl (C=O) groups excluding carboxylic acids is 2. The van der Waals surface area contributed by atoms with Crippen LogP contribution in [0.4, 0.5) is 4.39 Å². The number of hydrogen-bond donors (Lipinski definition) is 1. The zero-order valence-corrected chi connectivity index (χ0v) is 19.8. The van der Waals surface area contributed by atoms with Crippen LogP contribution in [0.15, 0.2) is 66.9 Å². The Balaban J connectivity index is 1.60. The lowest BCUT2D eigenvalue weighted by Crippen LogP contribution is -2.47. The van der Waals surface area contributed by atoms with Crippen LogP contribution < -0.4 is 5.32 Å². The molecule has 4 rings (SSSR count). The lowest BCUT2D eigenvalue weighted by atomic mass is 9.95. The molecule has 3 aromatic rings. The molecule has 2 heterocycles. The van der Waals surface area contributed by atoms with Crippen molar-refractivity contribution in [2.24, 2.45) is 0 Å². The number of hydrogen-bond acceptors (Lipinski definition) is 3. The van der Waals surface area contributed by atoms with E-state index in [-0.39, 0.29) is 24.8 Å². The Morgan fingerprint density at radius 3 is 2.32 bits per heavy atom. The Labute approximate surface area is 199 Å². The molecule has 3 atom stereocenters. The molecule has 1 aliphatic heterocycles. The van der Waals surface area contributed by atoms with E-state index in [1.165, 1.54) is 10.5 Å². The fraction of sp³-hybridized carbons (Fsp3) is 0.370. The number of likely N-dealkylation sites (tertiary alicyclic amines) is 1. The van der Waals surface area contributed by atoms with E-state index in [9.17, 15) is 14.0 Å². The van der Waals surface area contributed by atoms with Crippen molar-refractivity contribution >= 4 is 11.8 Å². The van der Waals surface area contributed by atoms with Crippen molar-refractivity contribution < 1.29 is 14.0 Å². The molecule has 6 nitrogen and oxygen atoms in total. The summed E-state index contributed by atoms with van der Waals surface area (Å²) < 4.78 is 16.0. The van der Waals surface area contributed by atoms with E-state index in [4.69, 9.17) is 0 Å². The average Bonchev–Trinajstić information content (AvgIpc) is 3.49. The highest BCUT2D eigenvalue weighted by Gasteiger charge is 2.41. The summed E-state index contributed by atoms with van der Waals surface area (Å²) >= 11 is 0. The van der Waals surface area contributed by atoms with Crippen LogP contribution in [0.1, 0.15) is 66.3 Å². The fourth-order valence-corrected chi connectivity index (χ4v) is 4.49. The first kappa shape index (κ1) is 23.7. The number of aromatic nitrogens is 2. The third-order valence-electron chi connectivity index (χ3n) is 6.40. The molecule has 1 N–H and O–H groups in total. The predicted octanol–water partition coefficient (Wildman–Crippen LogP) is 4.48. The van der Waals surface area contributed by atoms with Gasteiger partial charge in [0.25, 0.3) is 5.91 Å². The highest BCUT2D eigenvalue weighted by atomic mass is 19.1. The summed E-state index contributed by atoms with van der Waals surface area (Å²) in [6.07, 6.45) is 0.269. The van der Waals surface area contributed by atoms with Crippen molar-refractivity contribution in [1.29, 1.82) is 0 Å². The quantitative estimate of drug-likeness (QED) is 0.563. The minimum Gasteiger partial charge on any atom is -0.343 e. The summed E-state index contributed by atoms with van der Waals surface area (Å²) in [6.45, 7) is 6.56. The van der Waals surface area contributed by atoms with Crippen molar-refractivity contribution in [3.8, 4) is 0 Å². The Kier molecular flexibility index (Phi) is 7.10. The van der Waals surface area contributed by atoms with Gasteiger partial charge in [-0.2, -0.15) is 5.10 Å². The van der Waals surface area contributed by atoms with Gasteiger partial charge >= 0.3 is 0 Å². The van der Waals surface area contributed by atoms with Crippen molar-refractivity contribution in [1.82, 2.24) is 20.0 Å². The van der Waals surface area contributed by atoms with Crippen molar-refractivity contribution in [2.45, 2.75) is 57.9 Å². The van der Waals surface area contributed by atoms with Crippen LogP contribution >= 0.6 is 0 Å². The average molecular weight is 463 g/mol. The highest BCUT2D eigenvalue weighted by molar-refractivity contribution is 5.97. The Morgan fingerprint density at radius 2 is 1.68 bits per heavy atom. The molecule has 2 aromatic carbocycles. The van der Waals surface area contributed by atoms with Gasteiger partial charge in [0.2, 0.25) is 5.91 Å².